The van der Waals surface area contributed by atoms with Gasteiger partial charge in [-0.2, -0.15) is 11.8 Å². The van der Waals surface area contributed by atoms with Gasteiger partial charge in [0, 0.05) is 30.5 Å². The summed E-state index contributed by atoms with van der Waals surface area (Å²) in [5, 5.41) is 10.5. The highest BCUT2D eigenvalue weighted by molar-refractivity contribution is 7.99. The first kappa shape index (κ1) is 36.8. The Labute approximate surface area is 295 Å². The zero-order valence-corrected chi connectivity index (χ0v) is 29.6. The number of nitrogens with one attached hydrogen (secondary N) is 1. The van der Waals surface area contributed by atoms with Crippen molar-refractivity contribution in [1.29, 1.82) is 0 Å². The molecule has 2 N–H and O–H groups in total. The Hall–Kier alpha value is -3.43. The number of rotatable bonds is 20. The van der Waals surface area contributed by atoms with Gasteiger partial charge in [0.05, 0.1) is 12.2 Å². The fourth-order valence-electron chi connectivity index (χ4n) is 6.75. The maximum Gasteiger partial charge on any atom is 0.330 e. The van der Waals surface area contributed by atoms with E-state index in [2.05, 4.69) is 96.0 Å². The number of benzene rings is 3. The van der Waals surface area contributed by atoms with Crippen molar-refractivity contribution in [3.8, 4) is 0 Å². The lowest BCUT2D eigenvalue weighted by molar-refractivity contribution is -0.00764. The lowest BCUT2D eigenvalue weighted by Gasteiger charge is -2.36. The molecule has 0 saturated carbocycles. The Morgan fingerprint density at radius 2 is 1.27 bits per heavy atom. The Morgan fingerprint density at radius 3 is 1.80 bits per heavy atom. The van der Waals surface area contributed by atoms with Crippen LogP contribution in [0.15, 0.2) is 107 Å². The summed E-state index contributed by atoms with van der Waals surface area (Å²) in [4.78, 5) is 26.2. The topological polar surface area (TPSA) is 93.6 Å². The van der Waals surface area contributed by atoms with Crippen LogP contribution in [-0.4, -0.2) is 45.0 Å². The molecule has 0 amide bonds. The summed E-state index contributed by atoms with van der Waals surface area (Å²) >= 11 is 1.80. The van der Waals surface area contributed by atoms with Crippen LogP contribution in [0.3, 0.4) is 0 Å². The van der Waals surface area contributed by atoms with E-state index in [0.29, 0.717) is 24.3 Å². The highest BCUT2D eigenvalue weighted by Gasteiger charge is 2.37. The quantitative estimate of drug-likeness (QED) is 0.0722. The van der Waals surface area contributed by atoms with Gasteiger partial charge in [-0.3, -0.25) is 14.3 Å². The Balaban J connectivity index is 0.928. The van der Waals surface area contributed by atoms with Crippen LogP contribution in [0, 0.1) is 6.92 Å². The lowest BCUT2D eigenvalue weighted by Crippen LogP contribution is -2.33. The van der Waals surface area contributed by atoms with Gasteiger partial charge >= 0.3 is 5.69 Å². The van der Waals surface area contributed by atoms with Crippen LogP contribution in [0.4, 0.5) is 0 Å². The number of nitrogens with zero attached hydrogens (tertiary/aromatic N) is 1. The van der Waals surface area contributed by atoms with Gasteiger partial charge in [-0.05, 0) is 42.2 Å². The third-order valence-corrected chi connectivity index (χ3v) is 10.6. The average molecular weight is 685 g/mol. The molecule has 49 heavy (non-hydrogen) atoms. The summed E-state index contributed by atoms with van der Waals surface area (Å²) in [5.41, 5.74) is 2.38. The third kappa shape index (κ3) is 10.1. The van der Waals surface area contributed by atoms with Gasteiger partial charge in [-0.15, -0.1) is 0 Å². The zero-order chi connectivity index (χ0) is 34.3. The van der Waals surface area contributed by atoms with Crippen LogP contribution in [0.25, 0.3) is 0 Å². The molecule has 7 nitrogen and oxygen atoms in total. The van der Waals surface area contributed by atoms with E-state index in [1.807, 2.05) is 0 Å². The van der Waals surface area contributed by atoms with Crippen molar-refractivity contribution < 1.29 is 14.6 Å². The van der Waals surface area contributed by atoms with E-state index in [-0.39, 0.29) is 6.10 Å². The number of ether oxygens (including phenoxy) is 2. The van der Waals surface area contributed by atoms with Crippen molar-refractivity contribution in [2.45, 2.75) is 102 Å². The second kappa shape index (κ2) is 19.1. The van der Waals surface area contributed by atoms with Crippen molar-refractivity contribution in [3.05, 3.63) is 140 Å². The van der Waals surface area contributed by atoms with E-state index in [1.54, 1.807) is 18.7 Å². The van der Waals surface area contributed by atoms with E-state index in [9.17, 15) is 14.7 Å². The lowest BCUT2D eigenvalue weighted by atomic mass is 9.80. The summed E-state index contributed by atoms with van der Waals surface area (Å²) in [6, 6.07) is 31.8. The van der Waals surface area contributed by atoms with E-state index in [0.717, 1.165) is 35.3 Å². The summed E-state index contributed by atoms with van der Waals surface area (Å²) in [7, 11) is 0. The number of aliphatic hydroxyl groups excluding tert-OH is 1. The molecule has 1 aliphatic heterocycles. The number of aromatic amines is 1. The first-order valence-corrected chi connectivity index (χ1v) is 19.2. The molecule has 3 aromatic carbocycles. The maximum atomic E-state index is 12.2. The van der Waals surface area contributed by atoms with Gasteiger partial charge in [0.15, 0.2) is 0 Å². The molecule has 0 aliphatic carbocycles. The first-order valence-electron chi connectivity index (χ1n) is 18.0. The monoisotopic (exact) mass is 684 g/mol. The van der Waals surface area contributed by atoms with Crippen molar-refractivity contribution >= 4 is 11.8 Å². The molecule has 5 rings (SSSR count). The number of aliphatic hydroxyl groups is 1. The highest BCUT2D eigenvalue weighted by Crippen LogP contribution is 2.40. The molecule has 1 fully saturated rings. The van der Waals surface area contributed by atoms with E-state index >= 15 is 0 Å². The number of aryl methyl sites for hydroxylation is 1. The van der Waals surface area contributed by atoms with Gasteiger partial charge in [0.25, 0.3) is 5.56 Å². The number of aromatic nitrogens is 2. The van der Waals surface area contributed by atoms with Crippen molar-refractivity contribution in [1.82, 2.24) is 9.55 Å². The molecular weight excluding hydrogens is 633 g/mol. The first-order chi connectivity index (χ1) is 24.0. The molecule has 2 heterocycles. The minimum atomic E-state index is -0.635. The van der Waals surface area contributed by atoms with Crippen LogP contribution in [0.5, 0.6) is 0 Å². The van der Waals surface area contributed by atoms with E-state index in [1.165, 1.54) is 62.1 Å². The minimum Gasteiger partial charge on any atom is -0.390 e. The fraction of sp³-hybridized carbons (Fsp3) is 0.463. The van der Waals surface area contributed by atoms with Crippen LogP contribution in [-0.2, 0) is 15.1 Å². The van der Waals surface area contributed by atoms with Gasteiger partial charge in [-0.1, -0.05) is 142 Å². The number of hydrogen-bond acceptors (Lipinski definition) is 6. The SMILES string of the molecule is Cc1cn([C@H]2C[C@H](O)[C@@H](CSCCCCCCCCCCCCOC(c3ccccc3)(c3ccccc3)c3ccccc3)O2)c(=O)[nH]c1=O. The number of unbranched alkanes of at least 4 members (excludes halogenated alkanes) is 9. The molecule has 1 aliphatic rings. The highest BCUT2D eigenvalue weighted by atomic mass is 32.2. The molecule has 3 atom stereocenters. The predicted molar refractivity (Wildman–Crippen MR) is 199 cm³/mol. The largest absolute Gasteiger partial charge is 0.390 e. The molecular formula is C41H52N2O5S. The number of thioether (sulfide) groups is 1. The Morgan fingerprint density at radius 1 is 0.776 bits per heavy atom. The van der Waals surface area contributed by atoms with Gasteiger partial charge in [0.2, 0.25) is 0 Å². The predicted octanol–water partition coefficient (Wildman–Crippen LogP) is 8.14. The van der Waals surface area contributed by atoms with Crippen molar-refractivity contribution in [2.75, 3.05) is 18.1 Å². The molecule has 0 spiro atoms. The molecule has 0 radical (unpaired) electrons. The zero-order valence-electron chi connectivity index (χ0n) is 28.8. The van der Waals surface area contributed by atoms with Crippen molar-refractivity contribution in [3.63, 3.8) is 0 Å². The van der Waals surface area contributed by atoms with Gasteiger partial charge in [-0.25, -0.2) is 4.79 Å². The minimum absolute atomic E-state index is 0.306. The fourth-order valence-corrected chi connectivity index (χ4v) is 7.86. The summed E-state index contributed by atoms with van der Waals surface area (Å²) in [5.74, 6) is 1.74. The molecule has 4 aromatic rings. The second-order valence-corrected chi connectivity index (χ2v) is 14.3. The second-order valence-electron chi connectivity index (χ2n) is 13.1. The maximum absolute atomic E-state index is 12.2. The smallest absolute Gasteiger partial charge is 0.330 e. The van der Waals surface area contributed by atoms with Gasteiger partial charge < -0.3 is 14.6 Å². The van der Waals surface area contributed by atoms with E-state index in [4.69, 9.17) is 9.47 Å². The molecule has 8 heteroatoms. The van der Waals surface area contributed by atoms with Crippen LogP contribution >= 0.6 is 11.8 Å². The molecule has 0 unspecified atom stereocenters. The third-order valence-electron chi connectivity index (χ3n) is 9.48. The normalized spacial score (nSPS) is 17.8. The Kier molecular flexibility index (Phi) is 14.4. The number of hydrogen-bond donors (Lipinski definition) is 2. The average Bonchev–Trinajstić information content (AvgIpc) is 3.50. The van der Waals surface area contributed by atoms with Crippen LogP contribution in [0.2, 0.25) is 0 Å². The van der Waals surface area contributed by atoms with Crippen LogP contribution < -0.4 is 11.2 Å². The molecule has 0 bridgehead atoms. The molecule has 262 valence electrons. The van der Waals surface area contributed by atoms with Crippen molar-refractivity contribution in [2.24, 2.45) is 0 Å². The van der Waals surface area contributed by atoms with Crippen LogP contribution in [0.1, 0.15) is 99.1 Å². The Bertz CT molecular complexity index is 1550. The summed E-state index contributed by atoms with van der Waals surface area (Å²) in [6.45, 7) is 2.36. The molecule has 1 saturated heterocycles. The van der Waals surface area contributed by atoms with Gasteiger partial charge in [0.1, 0.15) is 11.8 Å². The number of H-pyrrole nitrogens is 1. The summed E-state index contributed by atoms with van der Waals surface area (Å²) in [6.07, 6.45) is 12.6. The standard InChI is InChI=1S/C41H52N2O5S/c1-32-30-43(40(46)42-39(32)45)38-29-36(44)37(48-38)31-49-28-20-9-7-5-3-2-4-6-8-19-27-47-41(33-21-13-10-14-22-33,34-23-15-11-16-24-34)35-25-17-12-18-26-35/h10-18,21-26,30,36-38,44H,2-9,19-20,27-29,31H2,1H3,(H,42,45,46)/t36-,37+,38+/m0/s1. The van der Waals surface area contributed by atoms with E-state index < -0.39 is 29.2 Å². The molecule has 1 aromatic heterocycles. The summed E-state index contributed by atoms with van der Waals surface area (Å²) < 4.78 is 14.3.